The second-order valence-electron chi connectivity index (χ2n) is 12.1. The Kier molecular flexibility index (Phi) is 11.0. The van der Waals surface area contributed by atoms with Crippen molar-refractivity contribution in [2.75, 3.05) is 19.8 Å². The lowest BCUT2D eigenvalue weighted by molar-refractivity contribution is -0.164. The normalized spacial score (nSPS) is 31.0. The van der Waals surface area contributed by atoms with Crippen molar-refractivity contribution in [3.63, 3.8) is 0 Å². The number of esters is 1. The minimum absolute atomic E-state index is 0.0482. The van der Waals surface area contributed by atoms with Crippen molar-refractivity contribution in [1.82, 2.24) is 9.80 Å². The van der Waals surface area contributed by atoms with Gasteiger partial charge in [-0.1, -0.05) is 52.7 Å². The molecular formula is C32H52N2O6. The quantitative estimate of drug-likeness (QED) is 0.158. The van der Waals surface area contributed by atoms with Crippen LogP contribution in [0.3, 0.4) is 0 Å². The molecule has 3 rings (SSSR count). The predicted octanol–water partition coefficient (Wildman–Crippen LogP) is 4.65. The van der Waals surface area contributed by atoms with Gasteiger partial charge in [-0.3, -0.25) is 14.4 Å². The molecule has 3 fully saturated rings. The van der Waals surface area contributed by atoms with Gasteiger partial charge in [0, 0.05) is 12.6 Å². The molecule has 8 nitrogen and oxygen atoms in total. The summed E-state index contributed by atoms with van der Waals surface area (Å²) in [5.74, 6) is -2.53. The molecule has 226 valence electrons. The van der Waals surface area contributed by atoms with Crippen LogP contribution in [0.1, 0.15) is 92.4 Å². The van der Waals surface area contributed by atoms with Crippen molar-refractivity contribution in [2.24, 2.45) is 17.8 Å². The van der Waals surface area contributed by atoms with Crippen molar-refractivity contribution >= 4 is 17.8 Å². The van der Waals surface area contributed by atoms with E-state index in [-0.39, 0.29) is 37.0 Å². The Morgan fingerprint density at radius 2 is 1.93 bits per heavy atom. The zero-order valence-corrected chi connectivity index (χ0v) is 25.4. The summed E-state index contributed by atoms with van der Waals surface area (Å²) < 4.78 is 12.6. The zero-order valence-electron chi connectivity index (χ0n) is 25.4. The van der Waals surface area contributed by atoms with E-state index in [1.165, 1.54) is 0 Å². The van der Waals surface area contributed by atoms with Gasteiger partial charge in [0.05, 0.1) is 30.8 Å². The number of carbonyl (C=O) groups is 3. The molecule has 0 aliphatic carbocycles. The number of allylic oxidation sites excluding steroid dienone is 1. The van der Waals surface area contributed by atoms with E-state index in [1.54, 1.807) is 15.9 Å². The predicted molar refractivity (Wildman–Crippen MR) is 155 cm³/mol. The molecule has 0 aromatic carbocycles. The molecule has 8 heteroatoms. The molecule has 3 heterocycles. The van der Waals surface area contributed by atoms with E-state index >= 15 is 0 Å². The average molecular weight is 561 g/mol. The van der Waals surface area contributed by atoms with E-state index in [0.29, 0.717) is 32.2 Å². The number of likely N-dealkylation sites (tertiary alicyclic amines) is 1. The summed E-state index contributed by atoms with van der Waals surface area (Å²) >= 11 is 0. The number of fused-ring (bicyclic) bond motifs is 1. The topological polar surface area (TPSA) is 96.4 Å². The molecule has 2 bridgehead atoms. The van der Waals surface area contributed by atoms with Gasteiger partial charge in [-0.25, -0.2) is 0 Å². The molecule has 2 amide bonds. The van der Waals surface area contributed by atoms with Gasteiger partial charge >= 0.3 is 5.97 Å². The molecule has 40 heavy (non-hydrogen) atoms. The van der Waals surface area contributed by atoms with Crippen LogP contribution in [-0.4, -0.2) is 81.8 Å². The summed E-state index contributed by atoms with van der Waals surface area (Å²) in [6, 6.07) is -1.54. The Labute approximate surface area is 241 Å². The molecule has 0 aromatic rings. The molecule has 0 radical (unpaired) electrons. The van der Waals surface area contributed by atoms with Crippen LogP contribution < -0.4 is 0 Å². The molecule has 0 aromatic heterocycles. The Bertz CT molecular complexity index is 938. The van der Waals surface area contributed by atoms with Crippen LogP contribution in [0.15, 0.2) is 25.3 Å². The van der Waals surface area contributed by atoms with Gasteiger partial charge in [0.15, 0.2) is 0 Å². The van der Waals surface area contributed by atoms with Gasteiger partial charge in [-0.05, 0) is 57.8 Å². The first-order valence-electron chi connectivity index (χ1n) is 15.5. The van der Waals surface area contributed by atoms with Crippen LogP contribution in [-0.2, 0) is 23.9 Å². The number of aliphatic hydroxyl groups is 1. The van der Waals surface area contributed by atoms with Crippen molar-refractivity contribution in [1.29, 1.82) is 0 Å². The fraction of sp³-hybridized carbons (Fsp3) is 0.781. The first kappa shape index (κ1) is 32.3. The Morgan fingerprint density at radius 3 is 2.50 bits per heavy atom. The van der Waals surface area contributed by atoms with Gasteiger partial charge in [-0.2, -0.15) is 0 Å². The number of hydrogen-bond donors (Lipinski definition) is 1. The second-order valence-corrected chi connectivity index (χ2v) is 12.1. The van der Waals surface area contributed by atoms with Gasteiger partial charge < -0.3 is 24.4 Å². The molecule has 3 aliphatic heterocycles. The fourth-order valence-corrected chi connectivity index (χ4v) is 7.48. The highest BCUT2D eigenvalue weighted by Crippen LogP contribution is 2.65. The maximum Gasteiger partial charge on any atom is 0.312 e. The summed E-state index contributed by atoms with van der Waals surface area (Å²) in [5, 5.41) is 10.6. The third-order valence-corrected chi connectivity index (χ3v) is 9.85. The van der Waals surface area contributed by atoms with Crippen LogP contribution in [0.25, 0.3) is 0 Å². The smallest absolute Gasteiger partial charge is 0.312 e. The van der Waals surface area contributed by atoms with Crippen LogP contribution in [0, 0.1) is 17.8 Å². The highest BCUT2D eigenvalue weighted by Gasteiger charge is 2.79. The van der Waals surface area contributed by atoms with E-state index in [2.05, 4.69) is 20.1 Å². The number of unbranched alkanes of at least 4 members (excludes halogenated alkanes) is 2. The maximum absolute atomic E-state index is 14.6. The van der Waals surface area contributed by atoms with Crippen LogP contribution in [0.5, 0.6) is 0 Å². The Balaban J connectivity index is 2.08. The van der Waals surface area contributed by atoms with Crippen LogP contribution in [0.4, 0.5) is 0 Å². The van der Waals surface area contributed by atoms with Crippen molar-refractivity contribution in [3.05, 3.63) is 25.3 Å². The first-order valence-corrected chi connectivity index (χ1v) is 15.5. The van der Waals surface area contributed by atoms with Gasteiger partial charge in [0.25, 0.3) is 0 Å². The van der Waals surface area contributed by atoms with E-state index in [4.69, 9.17) is 9.47 Å². The van der Waals surface area contributed by atoms with Gasteiger partial charge in [-0.15, -0.1) is 13.2 Å². The number of nitrogens with zero attached hydrogens (tertiary/aromatic N) is 2. The highest BCUT2D eigenvalue weighted by atomic mass is 16.6. The van der Waals surface area contributed by atoms with E-state index in [0.717, 1.165) is 32.1 Å². The summed E-state index contributed by atoms with van der Waals surface area (Å²) in [6.07, 6.45) is 10.1. The second kappa shape index (κ2) is 13.6. The Hall–Kier alpha value is -2.19. The number of hydrogen-bond acceptors (Lipinski definition) is 6. The van der Waals surface area contributed by atoms with Crippen molar-refractivity contribution < 1.29 is 29.0 Å². The fourth-order valence-electron chi connectivity index (χ4n) is 7.48. The molecule has 1 spiro atoms. The van der Waals surface area contributed by atoms with E-state index < -0.39 is 41.1 Å². The third-order valence-electron chi connectivity index (χ3n) is 9.85. The lowest BCUT2D eigenvalue weighted by Crippen LogP contribution is -2.61. The number of aliphatic hydroxyl groups excluding tert-OH is 1. The van der Waals surface area contributed by atoms with E-state index in [9.17, 15) is 19.5 Å². The summed E-state index contributed by atoms with van der Waals surface area (Å²) in [7, 11) is 0. The lowest BCUT2D eigenvalue weighted by Gasteiger charge is -2.42. The standard InChI is InChI=1S/C32H52N2O6/c1-8-13-14-15-20-39-30(38)26-25-28(36)34(24(21-35)22(6)11-4)27(32(25)18-17-31(26,12-5)40-32)29(37)33(19-10-3)23(7)16-9-2/h8,10,22-27,35H,1,3,9,11-21H2,2,4-7H3/t22-,23?,24-,25-,26+,27?,31-,32?/m0/s1. The maximum atomic E-state index is 14.6. The summed E-state index contributed by atoms with van der Waals surface area (Å²) in [5.41, 5.74) is -1.98. The average Bonchev–Trinajstić information content (AvgIpc) is 3.55. The number of amides is 2. The molecule has 0 saturated carbocycles. The lowest BCUT2D eigenvalue weighted by atomic mass is 9.65. The minimum Gasteiger partial charge on any atom is -0.465 e. The summed E-state index contributed by atoms with van der Waals surface area (Å²) in [4.78, 5) is 46.2. The number of rotatable bonds is 17. The molecule has 3 aliphatic rings. The Morgan fingerprint density at radius 1 is 1.20 bits per heavy atom. The molecular weight excluding hydrogens is 508 g/mol. The number of carbonyl (C=O) groups excluding carboxylic acids is 3. The molecule has 3 saturated heterocycles. The largest absolute Gasteiger partial charge is 0.465 e. The third kappa shape index (κ3) is 5.50. The molecule has 3 unspecified atom stereocenters. The summed E-state index contributed by atoms with van der Waals surface area (Å²) in [6.45, 7) is 18.1. The number of ether oxygens (including phenoxy) is 2. The molecule has 8 atom stereocenters. The zero-order chi connectivity index (χ0) is 29.7. The van der Waals surface area contributed by atoms with E-state index in [1.807, 2.05) is 33.8 Å². The van der Waals surface area contributed by atoms with Crippen LogP contribution >= 0.6 is 0 Å². The van der Waals surface area contributed by atoms with Crippen LogP contribution in [0.2, 0.25) is 0 Å². The van der Waals surface area contributed by atoms with Gasteiger partial charge in [0.1, 0.15) is 17.6 Å². The minimum atomic E-state index is -1.14. The van der Waals surface area contributed by atoms with Gasteiger partial charge in [0.2, 0.25) is 11.8 Å². The SMILES string of the molecule is C=CCCCCOC(=O)[C@H]1[C@H]2C(=O)N([C@@H](CO)[C@@H](C)CC)C(C(=O)N(CC=C)C(C)CCC)C23CC[C@]1(CC)O3. The molecule has 1 N–H and O–H groups in total. The van der Waals surface area contributed by atoms with Crippen molar-refractivity contribution in [2.45, 2.75) is 122 Å². The van der Waals surface area contributed by atoms with Crippen molar-refractivity contribution in [3.8, 4) is 0 Å². The first-order chi connectivity index (χ1) is 19.1. The monoisotopic (exact) mass is 560 g/mol. The highest BCUT2D eigenvalue weighted by molar-refractivity contribution is 5.99.